The third kappa shape index (κ3) is 4.38. The van der Waals surface area contributed by atoms with Gasteiger partial charge in [0, 0.05) is 5.69 Å². The van der Waals surface area contributed by atoms with E-state index in [-0.39, 0.29) is 11.7 Å². The van der Waals surface area contributed by atoms with Crippen LogP contribution in [-0.4, -0.2) is 45.0 Å². The second kappa shape index (κ2) is 9.52. The first-order chi connectivity index (χ1) is 15.5. The summed E-state index contributed by atoms with van der Waals surface area (Å²) in [5, 5.41) is 11.7. The molecule has 1 N–H and O–H groups in total. The molecule has 3 aromatic rings. The second-order valence-corrected chi connectivity index (χ2v) is 8.52. The Kier molecular flexibility index (Phi) is 6.55. The van der Waals surface area contributed by atoms with Crippen LogP contribution in [0.2, 0.25) is 0 Å². The molecule has 32 heavy (non-hydrogen) atoms. The lowest BCUT2D eigenvalue weighted by atomic mass is 9.98. The molecular formula is C23H23FN4O3S. The molecular weight excluding hydrogens is 431 g/mol. The Morgan fingerprint density at radius 3 is 2.47 bits per heavy atom. The van der Waals surface area contributed by atoms with Crippen molar-refractivity contribution in [3.8, 4) is 17.1 Å². The van der Waals surface area contributed by atoms with E-state index < -0.39 is 17.3 Å². The highest BCUT2D eigenvalue weighted by Crippen LogP contribution is 2.32. The minimum atomic E-state index is -0.960. The van der Waals surface area contributed by atoms with Crippen molar-refractivity contribution in [3.05, 3.63) is 60.4 Å². The molecule has 7 nitrogen and oxygen atoms in total. The molecule has 0 saturated heterocycles. The topological polar surface area (TPSA) is 86.1 Å². The maximum absolute atomic E-state index is 14.5. The van der Waals surface area contributed by atoms with Crippen molar-refractivity contribution in [2.45, 2.75) is 36.4 Å². The first kappa shape index (κ1) is 22.0. The number of benzene rings is 2. The molecule has 1 aliphatic rings. The molecule has 1 aromatic heterocycles. The highest BCUT2D eigenvalue weighted by atomic mass is 32.2. The van der Waals surface area contributed by atoms with Crippen LogP contribution < -0.4 is 5.32 Å². The van der Waals surface area contributed by atoms with Crippen molar-refractivity contribution in [1.82, 2.24) is 20.1 Å². The van der Waals surface area contributed by atoms with Crippen molar-refractivity contribution in [1.29, 1.82) is 0 Å². The highest BCUT2D eigenvalue weighted by molar-refractivity contribution is 7.99. The summed E-state index contributed by atoms with van der Waals surface area (Å²) in [6.45, 7) is 0. The number of aromatic nitrogens is 3. The Balaban J connectivity index is 1.58. The van der Waals surface area contributed by atoms with Crippen LogP contribution in [0.3, 0.4) is 0 Å². The van der Waals surface area contributed by atoms with E-state index >= 15 is 0 Å². The largest absolute Gasteiger partial charge is 0.467 e. The van der Waals surface area contributed by atoms with E-state index in [0.717, 1.165) is 18.5 Å². The molecule has 9 heteroatoms. The van der Waals surface area contributed by atoms with Crippen molar-refractivity contribution >= 4 is 23.6 Å². The Hall–Kier alpha value is -3.20. The molecule has 0 aliphatic heterocycles. The van der Waals surface area contributed by atoms with Gasteiger partial charge in [-0.25, -0.2) is 9.18 Å². The summed E-state index contributed by atoms with van der Waals surface area (Å²) in [5.41, 5.74) is 0.105. The standard InChI is InChI=1S/C23H23FN4O3S/c1-31-21(30)23(13-7-8-14-23)25-19(29)15-32-22-27-26-20(17-11-5-6-12-18(17)24)28(22)16-9-3-2-4-10-16/h2-6,9-12H,7-8,13-15H2,1H3,(H,25,29). The van der Waals surface area contributed by atoms with Gasteiger partial charge in [-0.05, 0) is 37.1 Å². The van der Waals surface area contributed by atoms with Crippen LogP contribution in [0.25, 0.3) is 17.1 Å². The number of rotatable bonds is 7. The van der Waals surface area contributed by atoms with Gasteiger partial charge in [-0.2, -0.15) is 0 Å². The number of carbonyl (C=O) groups is 2. The SMILES string of the molecule is COC(=O)C1(NC(=O)CSc2nnc(-c3ccccc3F)n2-c2ccccc2)CCCC1. The minimum Gasteiger partial charge on any atom is -0.467 e. The van der Waals surface area contributed by atoms with E-state index in [2.05, 4.69) is 15.5 Å². The van der Waals surface area contributed by atoms with Gasteiger partial charge in [0.2, 0.25) is 5.91 Å². The number of para-hydroxylation sites is 1. The van der Waals surface area contributed by atoms with Gasteiger partial charge < -0.3 is 10.1 Å². The predicted molar refractivity (Wildman–Crippen MR) is 119 cm³/mol. The average molecular weight is 455 g/mol. The van der Waals surface area contributed by atoms with Crippen molar-refractivity contribution in [2.75, 3.05) is 12.9 Å². The fourth-order valence-corrected chi connectivity index (χ4v) is 4.73. The minimum absolute atomic E-state index is 0.0288. The van der Waals surface area contributed by atoms with Gasteiger partial charge >= 0.3 is 5.97 Å². The Morgan fingerprint density at radius 1 is 1.09 bits per heavy atom. The van der Waals surface area contributed by atoms with E-state index in [9.17, 15) is 14.0 Å². The van der Waals surface area contributed by atoms with Crippen LogP contribution in [0.1, 0.15) is 25.7 Å². The molecule has 1 fully saturated rings. The summed E-state index contributed by atoms with van der Waals surface area (Å²) < 4.78 is 21.1. The number of nitrogens with one attached hydrogen (secondary N) is 1. The zero-order chi connectivity index (χ0) is 22.6. The van der Waals surface area contributed by atoms with Crippen LogP contribution in [-0.2, 0) is 14.3 Å². The van der Waals surface area contributed by atoms with E-state index in [1.165, 1.54) is 24.9 Å². The molecule has 0 spiro atoms. The molecule has 0 radical (unpaired) electrons. The molecule has 1 aliphatic carbocycles. The van der Waals surface area contributed by atoms with Crippen LogP contribution in [0, 0.1) is 5.82 Å². The number of amides is 1. The summed E-state index contributed by atoms with van der Waals surface area (Å²) in [7, 11) is 1.33. The predicted octanol–water partition coefficient (Wildman–Crippen LogP) is 3.77. The molecule has 0 atom stereocenters. The van der Waals surface area contributed by atoms with Gasteiger partial charge in [-0.15, -0.1) is 10.2 Å². The number of nitrogens with zero attached hydrogens (tertiary/aromatic N) is 3. The lowest BCUT2D eigenvalue weighted by Crippen LogP contribution is -2.53. The van der Waals surface area contributed by atoms with Gasteiger partial charge in [0.25, 0.3) is 0 Å². The van der Waals surface area contributed by atoms with Gasteiger partial charge in [-0.1, -0.05) is 54.9 Å². The smallest absolute Gasteiger partial charge is 0.331 e. The zero-order valence-corrected chi connectivity index (χ0v) is 18.4. The van der Waals surface area contributed by atoms with Gasteiger partial charge in [-0.3, -0.25) is 9.36 Å². The lowest BCUT2D eigenvalue weighted by Gasteiger charge is -2.27. The zero-order valence-electron chi connectivity index (χ0n) is 17.6. The molecule has 1 heterocycles. The number of esters is 1. The van der Waals surface area contributed by atoms with Crippen LogP contribution in [0.15, 0.2) is 59.8 Å². The normalized spacial score (nSPS) is 14.8. The monoisotopic (exact) mass is 454 g/mol. The first-order valence-electron chi connectivity index (χ1n) is 10.3. The summed E-state index contributed by atoms with van der Waals surface area (Å²) in [4.78, 5) is 25.0. The third-order valence-electron chi connectivity index (χ3n) is 5.51. The van der Waals surface area contributed by atoms with Crippen molar-refractivity contribution in [2.24, 2.45) is 0 Å². The van der Waals surface area contributed by atoms with Crippen LogP contribution in [0.4, 0.5) is 4.39 Å². The highest BCUT2D eigenvalue weighted by Gasteiger charge is 2.43. The number of ether oxygens (including phenoxy) is 1. The molecule has 0 bridgehead atoms. The quantitative estimate of drug-likeness (QED) is 0.432. The number of halogens is 1. The number of thioether (sulfide) groups is 1. The van der Waals surface area contributed by atoms with E-state index in [4.69, 9.17) is 4.74 Å². The number of hydrogen-bond donors (Lipinski definition) is 1. The molecule has 0 unspecified atom stereocenters. The molecule has 4 rings (SSSR count). The number of hydrogen-bond acceptors (Lipinski definition) is 6. The Morgan fingerprint density at radius 2 is 1.78 bits per heavy atom. The van der Waals surface area contributed by atoms with Gasteiger partial charge in [0.15, 0.2) is 11.0 Å². The fourth-order valence-electron chi connectivity index (χ4n) is 3.98. The van der Waals surface area contributed by atoms with E-state index in [1.807, 2.05) is 30.3 Å². The Bertz CT molecular complexity index is 1110. The first-order valence-corrected chi connectivity index (χ1v) is 11.3. The summed E-state index contributed by atoms with van der Waals surface area (Å²) in [6, 6.07) is 15.7. The average Bonchev–Trinajstić information content (AvgIpc) is 3.46. The summed E-state index contributed by atoms with van der Waals surface area (Å²) in [6.07, 6.45) is 2.84. The Labute approximate surface area is 189 Å². The van der Waals surface area contributed by atoms with E-state index in [0.29, 0.717) is 29.4 Å². The van der Waals surface area contributed by atoms with Gasteiger partial charge in [0.1, 0.15) is 11.4 Å². The van der Waals surface area contributed by atoms with Crippen LogP contribution in [0.5, 0.6) is 0 Å². The van der Waals surface area contributed by atoms with E-state index in [1.54, 1.807) is 22.8 Å². The summed E-state index contributed by atoms with van der Waals surface area (Å²) >= 11 is 1.18. The maximum Gasteiger partial charge on any atom is 0.331 e. The van der Waals surface area contributed by atoms with Gasteiger partial charge in [0.05, 0.1) is 18.4 Å². The molecule has 2 aromatic carbocycles. The van der Waals surface area contributed by atoms with Crippen molar-refractivity contribution in [3.63, 3.8) is 0 Å². The maximum atomic E-state index is 14.5. The fraction of sp³-hybridized carbons (Fsp3) is 0.304. The molecule has 1 amide bonds. The van der Waals surface area contributed by atoms with Crippen LogP contribution >= 0.6 is 11.8 Å². The second-order valence-electron chi connectivity index (χ2n) is 7.57. The van der Waals surface area contributed by atoms with Crippen molar-refractivity contribution < 1.29 is 18.7 Å². The number of carbonyl (C=O) groups excluding carboxylic acids is 2. The number of methoxy groups -OCH3 is 1. The molecule has 166 valence electrons. The lowest BCUT2D eigenvalue weighted by molar-refractivity contribution is -0.150. The summed E-state index contributed by atoms with van der Waals surface area (Å²) in [5.74, 6) is -0.743. The molecule has 1 saturated carbocycles. The third-order valence-corrected chi connectivity index (χ3v) is 6.44.